The van der Waals surface area contributed by atoms with Gasteiger partial charge in [0.2, 0.25) is 5.91 Å². The molecule has 21 heavy (non-hydrogen) atoms. The standard InChI is InChI=1S/C14H20N4O3/c1-10(19)18-7-8-21-13-4-6-17(9-12(13)18)14(20)11-3-5-16(2)15-11/h3,5,12-13H,4,6-9H2,1-2H3/t12-,13-/m1/s1. The number of likely N-dealkylation sites (tertiary alicyclic amines) is 1. The summed E-state index contributed by atoms with van der Waals surface area (Å²) in [6.45, 7) is 3.90. The molecule has 0 N–H and O–H groups in total. The molecule has 2 aliphatic heterocycles. The Morgan fingerprint density at radius 2 is 2.19 bits per heavy atom. The van der Waals surface area contributed by atoms with Crippen molar-refractivity contribution in [3.05, 3.63) is 18.0 Å². The third kappa shape index (κ3) is 2.65. The zero-order chi connectivity index (χ0) is 15.0. The average Bonchev–Trinajstić information content (AvgIpc) is 2.91. The zero-order valence-electron chi connectivity index (χ0n) is 12.4. The molecule has 114 valence electrons. The van der Waals surface area contributed by atoms with Crippen molar-refractivity contribution in [2.45, 2.75) is 25.5 Å². The normalized spacial score (nSPS) is 25.6. The highest BCUT2D eigenvalue weighted by Crippen LogP contribution is 2.24. The van der Waals surface area contributed by atoms with Crippen LogP contribution in [0.2, 0.25) is 0 Å². The lowest BCUT2D eigenvalue weighted by atomic mass is 9.98. The molecule has 0 aromatic carbocycles. The molecule has 2 saturated heterocycles. The number of morpholine rings is 1. The number of rotatable bonds is 1. The number of carbonyl (C=O) groups excluding carboxylic acids is 2. The Kier molecular flexibility index (Phi) is 3.67. The maximum absolute atomic E-state index is 12.5. The topological polar surface area (TPSA) is 67.7 Å². The predicted molar refractivity (Wildman–Crippen MR) is 74.6 cm³/mol. The van der Waals surface area contributed by atoms with E-state index in [-0.39, 0.29) is 24.0 Å². The van der Waals surface area contributed by atoms with Gasteiger partial charge in [0.15, 0.2) is 0 Å². The number of hydrogen-bond donors (Lipinski definition) is 0. The van der Waals surface area contributed by atoms with E-state index in [1.165, 1.54) is 0 Å². The lowest BCUT2D eigenvalue weighted by molar-refractivity contribution is -0.149. The van der Waals surface area contributed by atoms with Gasteiger partial charge in [-0.1, -0.05) is 0 Å². The van der Waals surface area contributed by atoms with Crippen molar-refractivity contribution in [3.63, 3.8) is 0 Å². The van der Waals surface area contributed by atoms with E-state index in [1.54, 1.807) is 35.8 Å². The molecule has 0 spiro atoms. The van der Waals surface area contributed by atoms with E-state index >= 15 is 0 Å². The fourth-order valence-electron chi connectivity index (χ4n) is 3.14. The molecular formula is C14H20N4O3. The molecule has 7 nitrogen and oxygen atoms in total. The Balaban J connectivity index is 1.74. The lowest BCUT2D eigenvalue weighted by Crippen LogP contribution is -2.61. The molecule has 2 amide bonds. The van der Waals surface area contributed by atoms with Gasteiger partial charge in [0.25, 0.3) is 5.91 Å². The number of ether oxygens (including phenoxy) is 1. The van der Waals surface area contributed by atoms with E-state index in [4.69, 9.17) is 4.74 Å². The molecule has 0 bridgehead atoms. The largest absolute Gasteiger partial charge is 0.374 e. The molecule has 3 heterocycles. The van der Waals surface area contributed by atoms with Crippen LogP contribution < -0.4 is 0 Å². The number of hydrogen-bond acceptors (Lipinski definition) is 4. The smallest absolute Gasteiger partial charge is 0.274 e. The minimum atomic E-state index is -0.0804. The van der Waals surface area contributed by atoms with Crippen LogP contribution in [0.4, 0.5) is 0 Å². The fourth-order valence-corrected chi connectivity index (χ4v) is 3.14. The first kappa shape index (κ1) is 14.1. The summed E-state index contributed by atoms with van der Waals surface area (Å²) in [6.07, 6.45) is 2.55. The van der Waals surface area contributed by atoms with E-state index in [1.807, 2.05) is 4.90 Å². The second kappa shape index (κ2) is 5.48. The maximum atomic E-state index is 12.5. The molecule has 2 aliphatic rings. The number of nitrogens with zero attached hydrogens (tertiary/aromatic N) is 4. The molecule has 7 heteroatoms. The minimum absolute atomic E-state index is 0.0374. The highest BCUT2D eigenvalue weighted by molar-refractivity contribution is 5.92. The number of piperidine rings is 1. The Morgan fingerprint density at radius 1 is 1.38 bits per heavy atom. The molecule has 3 rings (SSSR count). The Hall–Kier alpha value is -1.89. The monoisotopic (exact) mass is 292 g/mol. The van der Waals surface area contributed by atoms with Crippen LogP contribution in [0.5, 0.6) is 0 Å². The van der Waals surface area contributed by atoms with Crippen LogP contribution in [0.3, 0.4) is 0 Å². The van der Waals surface area contributed by atoms with Crippen molar-refractivity contribution in [2.75, 3.05) is 26.2 Å². The third-order valence-electron chi connectivity index (χ3n) is 4.21. The van der Waals surface area contributed by atoms with E-state index in [0.717, 1.165) is 6.42 Å². The number of aryl methyl sites for hydroxylation is 1. The first-order valence-corrected chi connectivity index (χ1v) is 7.24. The highest BCUT2D eigenvalue weighted by Gasteiger charge is 2.39. The molecule has 2 fully saturated rings. The van der Waals surface area contributed by atoms with Gasteiger partial charge in [0.05, 0.1) is 18.8 Å². The first-order valence-electron chi connectivity index (χ1n) is 7.24. The molecule has 0 aliphatic carbocycles. The Morgan fingerprint density at radius 3 is 2.86 bits per heavy atom. The second-order valence-electron chi connectivity index (χ2n) is 5.60. The zero-order valence-corrected chi connectivity index (χ0v) is 12.4. The second-order valence-corrected chi connectivity index (χ2v) is 5.60. The van der Waals surface area contributed by atoms with Crippen LogP contribution in [0.1, 0.15) is 23.8 Å². The molecule has 1 aromatic heterocycles. The summed E-state index contributed by atoms with van der Waals surface area (Å²) in [5.41, 5.74) is 0.446. The summed E-state index contributed by atoms with van der Waals surface area (Å²) >= 11 is 0. The van der Waals surface area contributed by atoms with Gasteiger partial charge in [-0.3, -0.25) is 14.3 Å². The third-order valence-corrected chi connectivity index (χ3v) is 4.21. The van der Waals surface area contributed by atoms with Gasteiger partial charge >= 0.3 is 0 Å². The quantitative estimate of drug-likeness (QED) is 0.724. The fraction of sp³-hybridized carbons (Fsp3) is 0.643. The Bertz CT molecular complexity index is 556. The molecule has 0 unspecified atom stereocenters. The molecule has 2 atom stereocenters. The van der Waals surface area contributed by atoms with Gasteiger partial charge in [0.1, 0.15) is 5.69 Å². The molecule has 1 aromatic rings. The minimum Gasteiger partial charge on any atom is -0.374 e. The van der Waals surface area contributed by atoms with Gasteiger partial charge in [-0.25, -0.2) is 0 Å². The van der Waals surface area contributed by atoms with Gasteiger partial charge < -0.3 is 14.5 Å². The van der Waals surface area contributed by atoms with Crippen molar-refractivity contribution in [1.29, 1.82) is 0 Å². The van der Waals surface area contributed by atoms with E-state index in [9.17, 15) is 9.59 Å². The van der Waals surface area contributed by atoms with E-state index < -0.39 is 0 Å². The van der Waals surface area contributed by atoms with Gasteiger partial charge in [-0.2, -0.15) is 5.10 Å². The van der Waals surface area contributed by atoms with Gasteiger partial charge in [-0.05, 0) is 12.5 Å². The van der Waals surface area contributed by atoms with Gasteiger partial charge in [0, 0.05) is 39.8 Å². The van der Waals surface area contributed by atoms with Crippen molar-refractivity contribution in [1.82, 2.24) is 19.6 Å². The number of carbonyl (C=O) groups is 2. The molecule has 0 radical (unpaired) electrons. The van der Waals surface area contributed by atoms with Crippen LogP contribution in [0.15, 0.2) is 12.3 Å². The lowest BCUT2D eigenvalue weighted by Gasteiger charge is -2.46. The summed E-state index contributed by atoms with van der Waals surface area (Å²) in [5.74, 6) is -0.0384. The van der Waals surface area contributed by atoms with Crippen molar-refractivity contribution in [2.24, 2.45) is 7.05 Å². The highest BCUT2D eigenvalue weighted by atomic mass is 16.5. The van der Waals surface area contributed by atoms with Crippen LogP contribution in [0.25, 0.3) is 0 Å². The van der Waals surface area contributed by atoms with Crippen molar-refractivity contribution in [3.8, 4) is 0 Å². The van der Waals surface area contributed by atoms with Crippen LogP contribution in [0, 0.1) is 0 Å². The summed E-state index contributed by atoms with van der Waals surface area (Å²) < 4.78 is 7.37. The van der Waals surface area contributed by atoms with Gasteiger partial charge in [-0.15, -0.1) is 0 Å². The summed E-state index contributed by atoms with van der Waals surface area (Å²) in [6, 6.07) is 1.67. The summed E-state index contributed by atoms with van der Waals surface area (Å²) in [7, 11) is 1.79. The number of amides is 2. The van der Waals surface area contributed by atoms with Crippen molar-refractivity contribution < 1.29 is 14.3 Å². The van der Waals surface area contributed by atoms with Crippen LogP contribution >= 0.6 is 0 Å². The number of fused-ring (bicyclic) bond motifs is 1. The average molecular weight is 292 g/mol. The summed E-state index contributed by atoms with van der Waals surface area (Å²) in [4.78, 5) is 27.8. The first-order chi connectivity index (χ1) is 10.1. The number of aromatic nitrogens is 2. The van der Waals surface area contributed by atoms with E-state index in [2.05, 4.69) is 5.10 Å². The Labute approximate surface area is 123 Å². The van der Waals surface area contributed by atoms with Crippen molar-refractivity contribution >= 4 is 11.8 Å². The van der Waals surface area contributed by atoms with Crippen LogP contribution in [-0.4, -0.2) is 69.8 Å². The summed E-state index contributed by atoms with van der Waals surface area (Å²) in [5, 5.41) is 4.16. The predicted octanol–water partition coefficient (Wildman–Crippen LogP) is -0.118. The van der Waals surface area contributed by atoms with E-state index in [0.29, 0.717) is 31.9 Å². The van der Waals surface area contributed by atoms with Crippen LogP contribution in [-0.2, 0) is 16.6 Å². The SMILES string of the molecule is CC(=O)N1CCO[C@@H]2CCN(C(=O)c3ccn(C)n3)C[C@H]21. The molecule has 0 saturated carbocycles. The maximum Gasteiger partial charge on any atom is 0.274 e. The molecular weight excluding hydrogens is 272 g/mol.